The van der Waals surface area contributed by atoms with Gasteiger partial charge in [-0.1, -0.05) is 18.2 Å². The van der Waals surface area contributed by atoms with Gasteiger partial charge in [-0.15, -0.1) is 0 Å². The molecule has 0 amide bonds. The van der Waals surface area contributed by atoms with Gasteiger partial charge in [-0.2, -0.15) is 4.39 Å². The minimum absolute atomic E-state index is 0.0198. The summed E-state index contributed by atoms with van der Waals surface area (Å²) in [7, 11) is 0. The first-order valence-corrected chi connectivity index (χ1v) is 9.95. The van der Waals surface area contributed by atoms with Crippen LogP contribution in [0.4, 0.5) is 23.4 Å². The minimum Gasteiger partial charge on any atom is -0.363 e. The Bertz CT molecular complexity index is 1240. The SMILES string of the molecule is Cc1nc(N[C@H](C)c2cccc(C(C)(F)F)c2F)c2cn(C3(C)CC3)c(=O)c(F)c2n1. The predicted molar refractivity (Wildman–Crippen MR) is 109 cm³/mol. The molecule has 0 saturated heterocycles. The first-order valence-electron chi connectivity index (χ1n) is 9.95. The van der Waals surface area contributed by atoms with Crippen LogP contribution in [0.2, 0.25) is 0 Å². The normalized spacial score (nSPS) is 16.4. The molecule has 3 aromatic rings. The van der Waals surface area contributed by atoms with Crippen molar-refractivity contribution in [3.05, 3.63) is 63.3 Å². The number of hydrogen-bond donors (Lipinski definition) is 1. The van der Waals surface area contributed by atoms with E-state index in [0.717, 1.165) is 18.9 Å². The number of aryl methyl sites for hydroxylation is 1. The van der Waals surface area contributed by atoms with Crippen molar-refractivity contribution in [2.24, 2.45) is 0 Å². The summed E-state index contributed by atoms with van der Waals surface area (Å²) in [5, 5.41) is 3.25. The molecule has 1 N–H and O–H groups in total. The predicted octanol–water partition coefficient (Wildman–Crippen LogP) is 5.17. The standard InChI is InChI=1S/C22H22F4N4O/c1-11(13-6-5-7-15(16(13)23)22(4,25)26)27-19-14-10-30(21(3)8-9-21)20(31)17(24)18(14)28-12(2)29-19/h5-7,10-11H,8-9H2,1-4H3,(H,27,28,29)/t11-/m1/s1. The molecule has 9 heteroatoms. The zero-order valence-electron chi connectivity index (χ0n) is 17.6. The number of nitrogens with one attached hydrogen (secondary N) is 1. The van der Waals surface area contributed by atoms with Gasteiger partial charge in [0.15, 0.2) is 0 Å². The van der Waals surface area contributed by atoms with Gasteiger partial charge in [0.05, 0.1) is 17.0 Å². The smallest absolute Gasteiger partial charge is 0.289 e. The molecular weight excluding hydrogens is 412 g/mol. The Morgan fingerprint density at radius 2 is 1.87 bits per heavy atom. The monoisotopic (exact) mass is 434 g/mol. The highest BCUT2D eigenvalue weighted by atomic mass is 19.3. The number of anilines is 1. The van der Waals surface area contributed by atoms with E-state index in [1.807, 2.05) is 6.92 Å². The Kier molecular flexibility index (Phi) is 4.83. The van der Waals surface area contributed by atoms with Gasteiger partial charge in [0, 0.05) is 24.2 Å². The van der Waals surface area contributed by atoms with Crippen molar-refractivity contribution in [1.82, 2.24) is 14.5 Å². The third-order valence-electron chi connectivity index (χ3n) is 5.81. The van der Waals surface area contributed by atoms with Gasteiger partial charge in [0.25, 0.3) is 11.5 Å². The Labute approximate surface area is 176 Å². The van der Waals surface area contributed by atoms with Gasteiger partial charge in [-0.05, 0) is 33.6 Å². The van der Waals surface area contributed by atoms with Crippen LogP contribution in [-0.4, -0.2) is 14.5 Å². The molecule has 0 unspecified atom stereocenters. The van der Waals surface area contributed by atoms with Crippen LogP contribution in [0.15, 0.2) is 29.2 Å². The van der Waals surface area contributed by atoms with Crippen molar-refractivity contribution >= 4 is 16.7 Å². The van der Waals surface area contributed by atoms with E-state index in [1.54, 1.807) is 13.8 Å². The van der Waals surface area contributed by atoms with Gasteiger partial charge in [-0.3, -0.25) is 4.79 Å². The van der Waals surface area contributed by atoms with E-state index < -0.39 is 40.3 Å². The molecule has 1 atom stereocenters. The van der Waals surface area contributed by atoms with Crippen LogP contribution in [0, 0.1) is 18.6 Å². The van der Waals surface area contributed by atoms with E-state index in [1.165, 1.54) is 22.9 Å². The highest BCUT2D eigenvalue weighted by Gasteiger charge is 2.41. The molecule has 0 bridgehead atoms. The van der Waals surface area contributed by atoms with Crippen LogP contribution in [0.5, 0.6) is 0 Å². The number of aromatic nitrogens is 3. The molecule has 1 fully saturated rings. The summed E-state index contributed by atoms with van der Waals surface area (Å²) in [6.07, 6.45) is 3.00. The van der Waals surface area contributed by atoms with E-state index in [9.17, 15) is 22.4 Å². The van der Waals surface area contributed by atoms with Crippen LogP contribution >= 0.6 is 0 Å². The fraction of sp³-hybridized carbons (Fsp3) is 0.409. The third kappa shape index (κ3) is 3.66. The van der Waals surface area contributed by atoms with E-state index in [2.05, 4.69) is 15.3 Å². The highest BCUT2D eigenvalue weighted by molar-refractivity contribution is 5.89. The number of hydrogen-bond acceptors (Lipinski definition) is 4. The fourth-order valence-corrected chi connectivity index (χ4v) is 3.70. The number of fused-ring (bicyclic) bond motifs is 1. The summed E-state index contributed by atoms with van der Waals surface area (Å²) in [5.74, 6) is -4.92. The van der Waals surface area contributed by atoms with Crippen molar-refractivity contribution in [3.8, 4) is 0 Å². The molecule has 1 aliphatic rings. The minimum atomic E-state index is -3.34. The molecule has 5 nitrogen and oxygen atoms in total. The fourth-order valence-electron chi connectivity index (χ4n) is 3.70. The first-order chi connectivity index (χ1) is 14.4. The summed E-state index contributed by atoms with van der Waals surface area (Å²) >= 11 is 0. The highest BCUT2D eigenvalue weighted by Crippen LogP contribution is 2.42. The first kappa shape index (κ1) is 21.3. The number of nitrogens with zero attached hydrogens (tertiary/aromatic N) is 3. The van der Waals surface area contributed by atoms with Crippen LogP contribution in [-0.2, 0) is 11.5 Å². The summed E-state index contributed by atoms with van der Waals surface area (Å²) < 4.78 is 58.5. The number of benzene rings is 1. The molecule has 31 heavy (non-hydrogen) atoms. The number of rotatable bonds is 5. The second kappa shape index (κ2) is 7.03. The van der Waals surface area contributed by atoms with E-state index in [0.29, 0.717) is 6.92 Å². The molecule has 164 valence electrons. The van der Waals surface area contributed by atoms with E-state index in [-0.39, 0.29) is 28.1 Å². The summed E-state index contributed by atoms with van der Waals surface area (Å²) in [5.41, 5.74) is -2.04. The molecule has 0 radical (unpaired) electrons. The maximum atomic E-state index is 14.9. The van der Waals surface area contributed by atoms with E-state index >= 15 is 0 Å². The van der Waals surface area contributed by atoms with Gasteiger partial charge < -0.3 is 9.88 Å². The average Bonchev–Trinajstić information content (AvgIpc) is 3.42. The number of alkyl halides is 2. The molecule has 1 aliphatic carbocycles. The van der Waals surface area contributed by atoms with Gasteiger partial charge in [0.2, 0.25) is 5.82 Å². The van der Waals surface area contributed by atoms with Crippen LogP contribution in [0.1, 0.15) is 56.6 Å². The largest absolute Gasteiger partial charge is 0.363 e. The van der Waals surface area contributed by atoms with Gasteiger partial charge in [0.1, 0.15) is 23.0 Å². The Balaban J connectivity index is 1.82. The Morgan fingerprint density at radius 1 is 1.19 bits per heavy atom. The van der Waals surface area contributed by atoms with Crippen molar-refractivity contribution in [1.29, 1.82) is 0 Å². The molecule has 2 aromatic heterocycles. The Morgan fingerprint density at radius 3 is 2.48 bits per heavy atom. The molecule has 2 heterocycles. The zero-order valence-corrected chi connectivity index (χ0v) is 17.6. The van der Waals surface area contributed by atoms with E-state index in [4.69, 9.17) is 0 Å². The topological polar surface area (TPSA) is 59.8 Å². The van der Waals surface area contributed by atoms with Crippen molar-refractivity contribution in [3.63, 3.8) is 0 Å². The summed E-state index contributed by atoms with van der Waals surface area (Å²) in [6.45, 7) is 5.63. The quantitative estimate of drug-likeness (QED) is 0.563. The maximum Gasteiger partial charge on any atom is 0.289 e. The lowest BCUT2D eigenvalue weighted by molar-refractivity contribution is 0.0136. The molecule has 4 rings (SSSR count). The zero-order chi connectivity index (χ0) is 22.7. The van der Waals surface area contributed by atoms with Crippen molar-refractivity contribution < 1.29 is 17.6 Å². The molecule has 1 aromatic carbocycles. The average molecular weight is 434 g/mol. The lowest BCUT2D eigenvalue weighted by atomic mass is 10.0. The van der Waals surface area contributed by atoms with Crippen LogP contribution < -0.4 is 10.9 Å². The summed E-state index contributed by atoms with van der Waals surface area (Å²) in [6, 6.07) is 3.04. The lowest BCUT2D eigenvalue weighted by Gasteiger charge is -2.21. The number of halogens is 4. The van der Waals surface area contributed by atoms with Gasteiger partial charge >= 0.3 is 0 Å². The Hall–Kier alpha value is -2.97. The molecular formula is C22H22F4N4O. The second-order valence-electron chi connectivity index (χ2n) is 8.46. The number of pyridine rings is 1. The maximum absolute atomic E-state index is 14.9. The lowest BCUT2D eigenvalue weighted by Crippen LogP contribution is -2.30. The third-order valence-corrected chi connectivity index (χ3v) is 5.81. The molecule has 0 aliphatic heterocycles. The van der Waals surface area contributed by atoms with Gasteiger partial charge in [-0.25, -0.2) is 23.1 Å². The molecule has 1 saturated carbocycles. The van der Waals surface area contributed by atoms with Crippen molar-refractivity contribution in [2.45, 2.75) is 58.0 Å². The molecule has 0 spiro atoms. The van der Waals surface area contributed by atoms with Crippen LogP contribution in [0.25, 0.3) is 10.9 Å². The van der Waals surface area contributed by atoms with Crippen LogP contribution in [0.3, 0.4) is 0 Å². The second-order valence-corrected chi connectivity index (χ2v) is 8.46. The summed E-state index contributed by atoms with van der Waals surface area (Å²) in [4.78, 5) is 20.9. The van der Waals surface area contributed by atoms with Crippen molar-refractivity contribution in [2.75, 3.05) is 5.32 Å².